The summed E-state index contributed by atoms with van der Waals surface area (Å²) in [4.78, 5) is 13.5. The largest absolute Gasteiger partial charge is 0.325 e. The Labute approximate surface area is 124 Å². The van der Waals surface area contributed by atoms with Gasteiger partial charge in [-0.25, -0.2) is 9.97 Å². The molecule has 7 heteroatoms. The molecule has 0 amide bonds. The number of aryl methyl sites for hydroxylation is 2. The van der Waals surface area contributed by atoms with Crippen LogP contribution in [0.1, 0.15) is 0 Å². The molecule has 0 aliphatic heterocycles. The summed E-state index contributed by atoms with van der Waals surface area (Å²) < 4.78 is 3.79. The molecule has 0 fully saturated rings. The van der Waals surface area contributed by atoms with Crippen molar-refractivity contribution >= 4 is 22.4 Å². The van der Waals surface area contributed by atoms with Crippen LogP contribution in [0.4, 0.5) is 0 Å². The number of rotatable bonds is 2. The molecule has 0 spiro atoms. The van der Waals surface area contributed by atoms with E-state index in [2.05, 4.69) is 20.1 Å². The van der Waals surface area contributed by atoms with Gasteiger partial charge in [0.1, 0.15) is 10.7 Å². The molecule has 4 aromatic heterocycles. The van der Waals surface area contributed by atoms with E-state index in [1.165, 1.54) is 0 Å². The van der Waals surface area contributed by atoms with Crippen LogP contribution in [0, 0.1) is 0 Å². The summed E-state index contributed by atoms with van der Waals surface area (Å²) in [6.07, 6.45) is 7.35. The van der Waals surface area contributed by atoms with Gasteiger partial charge in [-0.1, -0.05) is 0 Å². The van der Waals surface area contributed by atoms with Crippen molar-refractivity contribution in [2.75, 3.05) is 0 Å². The lowest BCUT2D eigenvalue weighted by molar-refractivity contribution is 0.768. The fourth-order valence-corrected chi connectivity index (χ4v) is 3.08. The van der Waals surface area contributed by atoms with Crippen LogP contribution >= 0.6 is 11.3 Å². The molecule has 0 radical (unpaired) electrons. The van der Waals surface area contributed by atoms with E-state index in [1.807, 2.05) is 48.7 Å². The van der Waals surface area contributed by atoms with E-state index in [9.17, 15) is 0 Å². The van der Waals surface area contributed by atoms with Crippen molar-refractivity contribution in [3.63, 3.8) is 0 Å². The molecule has 0 aliphatic carbocycles. The second kappa shape index (κ2) is 4.49. The number of hydrogen-bond donors (Lipinski definition) is 0. The van der Waals surface area contributed by atoms with Crippen LogP contribution in [0.25, 0.3) is 33.1 Å². The van der Waals surface area contributed by atoms with Gasteiger partial charge in [0.2, 0.25) is 0 Å². The number of pyridine rings is 1. The van der Waals surface area contributed by atoms with Crippen molar-refractivity contribution < 1.29 is 0 Å². The zero-order valence-electron chi connectivity index (χ0n) is 11.6. The normalized spacial score (nSPS) is 11.3. The molecule has 0 saturated carbocycles. The van der Waals surface area contributed by atoms with Crippen LogP contribution in [0.5, 0.6) is 0 Å². The monoisotopic (exact) mass is 296 g/mol. The summed E-state index contributed by atoms with van der Waals surface area (Å²) >= 11 is 1.60. The van der Waals surface area contributed by atoms with Gasteiger partial charge in [-0.2, -0.15) is 5.10 Å². The Kier molecular flexibility index (Phi) is 2.61. The first-order valence-electron chi connectivity index (χ1n) is 6.44. The van der Waals surface area contributed by atoms with Crippen LogP contribution in [-0.2, 0) is 14.1 Å². The molecular formula is C14H12N6S. The number of hydrogen-bond acceptors (Lipinski definition) is 5. The van der Waals surface area contributed by atoms with E-state index in [0.717, 1.165) is 33.1 Å². The first-order valence-corrected chi connectivity index (χ1v) is 7.32. The summed E-state index contributed by atoms with van der Waals surface area (Å²) in [5.74, 6) is 0.851. The van der Waals surface area contributed by atoms with Gasteiger partial charge in [0, 0.05) is 37.4 Å². The van der Waals surface area contributed by atoms with Crippen molar-refractivity contribution in [2.24, 2.45) is 14.1 Å². The predicted octanol–water partition coefficient (Wildman–Crippen LogP) is 2.49. The zero-order chi connectivity index (χ0) is 14.4. The number of thiazole rings is 1. The second-order valence-electron chi connectivity index (χ2n) is 4.80. The molecule has 0 saturated heterocycles. The number of nitrogens with zero attached hydrogens (tertiary/aromatic N) is 6. The molecular weight excluding hydrogens is 284 g/mol. The molecule has 104 valence electrons. The van der Waals surface area contributed by atoms with Gasteiger partial charge in [0.05, 0.1) is 23.4 Å². The minimum Gasteiger partial charge on any atom is -0.325 e. The third kappa shape index (κ3) is 1.93. The average molecular weight is 296 g/mol. The average Bonchev–Trinajstić information content (AvgIpc) is 3.18. The molecule has 4 heterocycles. The van der Waals surface area contributed by atoms with E-state index in [4.69, 9.17) is 0 Å². The van der Waals surface area contributed by atoms with Gasteiger partial charge in [0.25, 0.3) is 0 Å². The molecule has 0 N–H and O–H groups in total. The topological polar surface area (TPSA) is 61.4 Å². The Morgan fingerprint density at radius 3 is 2.81 bits per heavy atom. The first kappa shape index (κ1) is 12.2. The summed E-state index contributed by atoms with van der Waals surface area (Å²) in [6, 6.07) is 1.91. The lowest BCUT2D eigenvalue weighted by Crippen LogP contribution is -1.92. The quantitative estimate of drug-likeness (QED) is 0.570. The Morgan fingerprint density at radius 1 is 1.14 bits per heavy atom. The molecule has 4 aromatic rings. The third-order valence-corrected chi connectivity index (χ3v) is 4.26. The van der Waals surface area contributed by atoms with Gasteiger partial charge >= 0.3 is 0 Å². The van der Waals surface area contributed by atoms with Gasteiger partial charge in [-0.3, -0.25) is 9.67 Å². The third-order valence-electron chi connectivity index (χ3n) is 3.37. The highest BCUT2D eigenvalue weighted by molar-refractivity contribution is 7.13. The minimum absolute atomic E-state index is 0.851. The van der Waals surface area contributed by atoms with Crippen molar-refractivity contribution in [3.05, 3.63) is 36.2 Å². The van der Waals surface area contributed by atoms with Crippen LogP contribution in [0.2, 0.25) is 0 Å². The lowest BCUT2D eigenvalue weighted by Gasteiger charge is -1.97. The highest BCUT2D eigenvalue weighted by Crippen LogP contribution is 2.29. The number of imidazole rings is 1. The molecule has 0 unspecified atom stereocenters. The molecule has 0 aromatic carbocycles. The van der Waals surface area contributed by atoms with E-state index < -0.39 is 0 Å². The van der Waals surface area contributed by atoms with Gasteiger partial charge in [0.15, 0.2) is 5.82 Å². The summed E-state index contributed by atoms with van der Waals surface area (Å²) in [7, 11) is 3.88. The van der Waals surface area contributed by atoms with Crippen molar-refractivity contribution in [1.82, 2.24) is 29.3 Å². The second-order valence-corrected chi connectivity index (χ2v) is 5.66. The maximum absolute atomic E-state index is 4.68. The highest BCUT2D eigenvalue weighted by Gasteiger charge is 2.14. The Hall–Kier alpha value is -2.54. The number of fused-ring (bicyclic) bond motifs is 1. The maximum atomic E-state index is 4.68. The number of aromatic nitrogens is 6. The van der Waals surface area contributed by atoms with Crippen molar-refractivity contribution in [1.29, 1.82) is 0 Å². The fraction of sp³-hybridized carbons (Fsp3) is 0.143. The van der Waals surface area contributed by atoms with Gasteiger partial charge < -0.3 is 4.57 Å². The standard InChI is InChI=1S/C14H12N6S/c1-19-7-9(5-16-19)14-18-11(8-21-14)13-17-10-3-4-15-6-12(10)20(13)2/h3-8H,1-2H3. The predicted molar refractivity (Wildman–Crippen MR) is 81.8 cm³/mol. The first-order chi connectivity index (χ1) is 10.2. The molecule has 0 atom stereocenters. The minimum atomic E-state index is 0.851. The summed E-state index contributed by atoms with van der Waals surface area (Å²) in [5.41, 5.74) is 3.83. The van der Waals surface area contributed by atoms with Crippen molar-refractivity contribution in [3.8, 4) is 22.1 Å². The molecule has 4 rings (SSSR count). The zero-order valence-corrected chi connectivity index (χ0v) is 12.4. The van der Waals surface area contributed by atoms with Gasteiger partial charge in [-0.15, -0.1) is 11.3 Å². The van der Waals surface area contributed by atoms with E-state index in [-0.39, 0.29) is 0 Å². The molecule has 6 nitrogen and oxygen atoms in total. The lowest BCUT2D eigenvalue weighted by atomic mass is 10.4. The fourth-order valence-electron chi connectivity index (χ4n) is 2.30. The van der Waals surface area contributed by atoms with Crippen LogP contribution < -0.4 is 0 Å². The Bertz CT molecular complexity index is 932. The van der Waals surface area contributed by atoms with E-state index in [1.54, 1.807) is 22.2 Å². The van der Waals surface area contributed by atoms with Crippen LogP contribution in [0.15, 0.2) is 36.2 Å². The highest BCUT2D eigenvalue weighted by atomic mass is 32.1. The van der Waals surface area contributed by atoms with E-state index in [0.29, 0.717) is 0 Å². The smallest absolute Gasteiger partial charge is 0.160 e. The van der Waals surface area contributed by atoms with Crippen LogP contribution in [0.3, 0.4) is 0 Å². The van der Waals surface area contributed by atoms with Crippen molar-refractivity contribution in [2.45, 2.75) is 0 Å². The molecule has 21 heavy (non-hydrogen) atoms. The summed E-state index contributed by atoms with van der Waals surface area (Å²) in [5, 5.41) is 7.15. The van der Waals surface area contributed by atoms with Gasteiger partial charge in [-0.05, 0) is 6.07 Å². The molecule has 0 aliphatic rings. The molecule has 0 bridgehead atoms. The van der Waals surface area contributed by atoms with Crippen LogP contribution in [-0.4, -0.2) is 29.3 Å². The van der Waals surface area contributed by atoms with E-state index >= 15 is 0 Å². The maximum Gasteiger partial charge on any atom is 0.160 e. The SMILES string of the molecule is Cn1cc(-c2nc(-c3nc4ccncc4n3C)cs2)cn1. The summed E-state index contributed by atoms with van der Waals surface area (Å²) in [6.45, 7) is 0. The Morgan fingerprint density at radius 2 is 2.05 bits per heavy atom. The Balaban J connectivity index is 1.82.